The Balaban J connectivity index is 1.98. The summed E-state index contributed by atoms with van der Waals surface area (Å²) in [5.74, 6) is -1.85. The van der Waals surface area contributed by atoms with Crippen molar-refractivity contribution in [3.63, 3.8) is 0 Å². The predicted molar refractivity (Wildman–Crippen MR) is 125 cm³/mol. The quantitative estimate of drug-likeness (QED) is 0.297. The highest BCUT2D eigenvalue weighted by molar-refractivity contribution is 7.98. The molecule has 3 amide bonds. The van der Waals surface area contributed by atoms with Crippen LogP contribution in [0.1, 0.15) is 31.7 Å². The number of likely N-dealkylation sites (tertiary alicyclic amines) is 1. The molecule has 11 heteroatoms. The Labute approximate surface area is 197 Å². The van der Waals surface area contributed by atoms with Crippen molar-refractivity contribution in [2.45, 2.75) is 56.8 Å². The number of nitrogens with zero attached hydrogens (tertiary/aromatic N) is 1. The van der Waals surface area contributed by atoms with Crippen molar-refractivity contribution < 1.29 is 29.4 Å². The Morgan fingerprint density at radius 3 is 2.45 bits per heavy atom. The van der Waals surface area contributed by atoms with Gasteiger partial charge in [0, 0.05) is 6.54 Å². The summed E-state index contributed by atoms with van der Waals surface area (Å²) in [5, 5.41) is 23.9. The van der Waals surface area contributed by atoms with Gasteiger partial charge in [0.15, 0.2) is 0 Å². The summed E-state index contributed by atoms with van der Waals surface area (Å²) in [6, 6.07) is 2.72. The molecule has 0 aliphatic carbocycles. The Bertz CT molecular complexity index is 850. The van der Waals surface area contributed by atoms with Crippen molar-refractivity contribution >= 4 is 35.5 Å². The molecule has 1 aromatic carbocycles. The average Bonchev–Trinajstić information content (AvgIpc) is 3.27. The maximum absolute atomic E-state index is 12.9. The maximum Gasteiger partial charge on any atom is 0.326 e. The second-order valence-corrected chi connectivity index (χ2v) is 9.06. The lowest BCUT2D eigenvalue weighted by Gasteiger charge is -2.27. The van der Waals surface area contributed by atoms with E-state index in [0.717, 1.165) is 5.56 Å². The van der Waals surface area contributed by atoms with Gasteiger partial charge < -0.3 is 31.5 Å². The molecule has 1 fully saturated rings. The van der Waals surface area contributed by atoms with Gasteiger partial charge in [-0.25, -0.2) is 4.79 Å². The highest BCUT2D eigenvalue weighted by Crippen LogP contribution is 2.18. The van der Waals surface area contributed by atoms with E-state index in [1.165, 1.54) is 35.7 Å². The van der Waals surface area contributed by atoms with Crippen molar-refractivity contribution in [1.82, 2.24) is 15.5 Å². The van der Waals surface area contributed by atoms with Crippen molar-refractivity contribution in [2.75, 3.05) is 18.6 Å². The Morgan fingerprint density at radius 1 is 1.18 bits per heavy atom. The molecule has 1 heterocycles. The second kappa shape index (κ2) is 12.4. The largest absolute Gasteiger partial charge is 0.508 e. The molecule has 6 N–H and O–H groups in total. The minimum Gasteiger partial charge on any atom is -0.508 e. The number of phenolic OH excluding ortho intramolecular Hbond substituents is 1. The Kier molecular flexibility index (Phi) is 9.98. The third kappa shape index (κ3) is 7.64. The number of carbonyl (C=O) groups excluding carboxylic acids is 3. The highest BCUT2D eigenvalue weighted by atomic mass is 32.2. The van der Waals surface area contributed by atoms with E-state index in [9.17, 15) is 29.4 Å². The lowest BCUT2D eigenvalue weighted by Crippen LogP contribution is -2.56. The number of benzene rings is 1. The molecule has 0 saturated carbocycles. The van der Waals surface area contributed by atoms with E-state index < -0.39 is 47.9 Å². The number of thioether (sulfide) groups is 1. The molecule has 10 nitrogen and oxygen atoms in total. The first-order chi connectivity index (χ1) is 15.6. The van der Waals surface area contributed by atoms with Crippen LogP contribution in [0, 0.1) is 0 Å². The molecule has 4 atom stereocenters. The summed E-state index contributed by atoms with van der Waals surface area (Å²) in [6.45, 7) is 1.83. The van der Waals surface area contributed by atoms with E-state index in [-0.39, 0.29) is 12.2 Å². The van der Waals surface area contributed by atoms with Crippen LogP contribution in [0.15, 0.2) is 24.3 Å². The third-order valence-electron chi connectivity index (χ3n) is 5.52. The molecule has 1 aromatic rings. The van der Waals surface area contributed by atoms with Gasteiger partial charge in [0.1, 0.15) is 23.9 Å². The van der Waals surface area contributed by atoms with E-state index >= 15 is 0 Å². The van der Waals surface area contributed by atoms with Gasteiger partial charge in [0.2, 0.25) is 17.7 Å². The topological polar surface area (TPSA) is 162 Å². The smallest absolute Gasteiger partial charge is 0.326 e. The number of amides is 3. The zero-order valence-electron chi connectivity index (χ0n) is 18.8. The number of hydrogen-bond acceptors (Lipinski definition) is 7. The van der Waals surface area contributed by atoms with Crippen LogP contribution < -0.4 is 16.4 Å². The van der Waals surface area contributed by atoms with Crippen LogP contribution in [-0.2, 0) is 25.6 Å². The van der Waals surface area contributed by atoms with Crippen molar-refractivity contribution in [3.05, 3.63) is 29.8 Å². The van der Waals surface area contributed by atoms with Crippen molar-refractivity contribution in [1.29, 1.82) is 0 Å². The summed E-state index contributed by atoms with van der Waals surface area (Å²) in [7, 11) is 0. The number of hydrogen-bond donors (Lipinski definition) is 5. The maximum atomic E-state index is 12.9. The molecule has 0 aromatic heterocycles. The van der Waals surface area contributed by atoms with E-state index in [0.29, 0.717) is 31.6 Å². The minimum atomic E-state index is -1.06. The molecule has 0 bridgehead atoms. The summed E-state index contributed by atoms with van der Waals surface area (Å²) in [5.41, 5.74) is 6.77. The molecule has 0 spiro atoms. The van der Waals surface area contributed by atoms with Crippen LogP contribution in [0.2, 0.25) is 0 Å². The molecular weight excluding hydrogens is 448 g/mol. The first-order valence-corrected chi connectivity index (χ1v) is 12.2. The standard InChI is InChI=1S/C22H32N4O6S/c1-13(21(30)26-10-3-4-18(26)22(31)32)24-20(29)17(9-11-33-2)25-19(28)16(23)12-14-5-7-15(27)8-6-14/h5-8,13,16-18,27H,3-4,9-12,23H2,1-2H3,(H,24,29)(H,25,28)(H,31,32). The first-order valence-electron chi connectivity index (χ1n) is 10.8. The number of aliphatic carboxylic acids is 1. The van der Waals surface area contributed by atoms with Gasteiger partial charge in [-0.1, -0.05) is 12.1 Å². The fraction of sp³-hybridized carbons (Fsp3) is 0.545. The Morgan fingerprint density at radius 2 is 1.85 bits per heavy atom. The fourth-order valence-corrected chi connectivity index (χ4v) is 4.15. The molecule has 33 heavy (non-hydrogen) atoms. The summed E-state index contributed by atoms with van der Waals surface area (Å²) < 4.78 is 0. The number of carbonyl (C=O) groups is 4. The van der Waals surface area contributed by atoms with E-state index in [1.54, 1.807) is 12.1 Å². The number of carboxylic acid groups (broad SMARTS) is 1. The number of nitrogens with two attached hydrogens (primary N) is 1. The Hall–Kier alpha value is -2.79. The third-order valence-corrected chi connectivity index (χ3v) is 6.17. The second-order valence-electron chi connectivity index (χ2n) is 8.08. The zero-order chi connectivity index (χ0) is 24.5. The van der Waals surface area contributed by atoms with Gasteiger partial charge in [0.05, 0.1) is 6.04 Å². The molecular formula is C22H32N4O6S. The van der Waals surface area contributed by atoms with Crippen LogP contribution >= 0.6 is 11.8 Å². The van der Waals surface area contributed by atoms with Crippen LogP contribution in [0.5, 0.6) is 5.75 Å². The summed E-state index contributed by atoms with van der Waals surface area (Å²) in [6.07, 6.45) is 3.41. The molecule has 0 radical (unpaired) electrons. The van der Waals surface area contributed by atoms with E-state index in [4.69, 9.17) is 5.73 Å². The number of nitrogens with one attached hydrogen (secondary N) is 2. The molecule has 4 unspecified atom stereocenters. The highest BCUT2D eigenvalue weighted by Gasteiger charge is 2.36. The van der Waals surface area contributed by atoms with Crippen LogP contribution in [0.4, 0.5) is 0 Å². The number of phenols is 1. The SMILES string of the molecule is CSCCC(NC(=O)C(N)Cc1ccc(O)cc1)C(=O)NC(C)C(=O)N1CCCC1C(=O)O. The van der Waals surface area contributed by atoms with Crippen LogP contribution in [-0.4, -0.2) is 81.5 Å². The molecule has 1 aliphatic rings. The van der Waals surface area contributed by atoms with Gasteiger partial charge in [-0.2, -0.15) is 11.8 Å². The lowest BCUT2D eigenvalue weighted by molar-refractivity contribution is -0.149. The van der Waals surface area contributed by atoms with Gasteiger partial charge in [0.25, 0.3) is 0 Å². The van der Waals surface area contributed by atoms with Gasteiger partial charge in [-0.3, -0.25) is 14.4 Å². The van der Waals surface area contributed by atoms with E-state index in [2.05, 4.69) is 10.6 Å². The van der Waals surface area contributed by atoms with Crippen LogP contribution in [0.3, 0.4) is 0 Å². The fourth-order valence-electron chi connectivity index (χ4n) is 3.67. The number of rotatable bonds is 11. The van der Waals surface area contributed by atoms with Gasteiger partial charge >= 0.3 is 5.97 Å². The first kappa shape index (κ1) is 26.5. The normalized spacial score (nSPS) is 18.3. The zero-order valence-corrected chi connectivity index (χ0v) is 19.6. The summed E-state index contributed by atoms with van der Waals surface area (Å²) >= 11 is 1.51. The summed E-state index contributed by atoms with van der Waals surface area (Å²) in [4.78, 5) is 50.8. The predicted octanol–water partition coefficient (Wildman–Crippen LogP) is 0.0802. The molecule has 1 aliphatic heterocycles. The minimum absolute atomic E-state index is 0.109. The average molecular weight is 481 g/mol. The van der Waals surface area contributed by atoms with Gasteiger partial charge in [-0.15, -0.1) is 0 Å². The molecule has 1 saturated heterocycles. The lowest BCUT2D eigenvalue weighted by atomic mass is 10.0. The van der Waals surface area contributed by atoms with E-state index in [1.807, 2.05) is 6.26 Å². The monoisotopic (exact) mass is 480 g/mol. The number of carboxylic acids is 1. The van der Waals surface area contributed by atoms with Crippen molar-refractivity contribution in [3.8, 4) is 5.75 Å². The molecule has 2 rings (SSSR count). The van der Waals surface area contributed by atoms with Crippen LogP contribution in [0.25, 0.3) is 0 Å². The van der Waals surface area contributed by atoms with Gasteiger partial charge in [-0.05, 0) is 62.3 Å². The molecule has 182 valence electrons. The van der Waals surface area contributed by atoms with Crippen molar-refractivity contribution in [2.24, 2.45) is 5.73 Å². The number of aromatic hydroxyl groups is 1.